The Balaban J connectivity index is 1.59. The number of unbranched alkanes of at least 4 members (excludes halogenated alkanes) is 1. The third kappa shape index (κ3) is 5.41. The number of rotatable bonds is 8. The van der Waals surface area contributed by atoms with Crippen LogP contribution in [0.25, 0.3) is 11.0 Å². The van der Waals surface area contributed by atoms with E-state index in [1.165, 1.54) is 4.90 Å². The lowest BCUT2D eigenvalue weighted by molar-refractivity contribution is -0.141. The van der Waals surface area contributed by atoms with Gasteiger partial charge in [0.1, 0.15) is 11.9 Å². The predicted octanol–water partition coefficient (Wildman–Crippen LogP) is 2.74. The van der Waals surface area contributed by atoms with E-state index in [0.717, 1.165) is 16.6 Å². The van der Waals surface area contributed by atoms with Crippen molar-refractivity contribution >= 4 is 34.5 Å². The number of benzene rings is 2. The van der Waals surface area contributed by atoms with E-state index >= 15 is 0 Å². The van der Waals surface area contributed by atoms with Gasteiger partial charge in [0, 0.05) is 37.8 Å². The van der Waals surface area contributed by atoms with Crippen LogP contribution in [0.2, 0.25) is 0 Å². The number of carbonyl (C=O) groups is 3. The third-order valence-corrected chi connectivity index (χ3v) is 5.93. The van der Waals surface area contributed by atoms with Crippen LogP contribution in [0.1, 0.15) is 41.0 Å². The SMILES string of the molecule is CN1Cc2cc(C(=O)N(CCCC#N)Cc3nc4ccccc4[nH]3)ccc2N[C@@H](CC(=O)O)C1=O. The van der Waals surface area contributed by atoms with Crippen LogP contribution in [-0.2, 0) is 22.7 Å². The number of imidazole rings is 1. The summed E-state index contributed by atoms with van der Waals surface area (Å²) in [6.45, 7) is 0.890. The number of hydrogen-bond acceptors (Lipinski definition) is 6. The number of fused-ring (bicyclic) bond motifs is 2. The number of nitrogens with one attached hydrogen (secondary N) is 2. The van der Waals surface area contributed by atoms with Gasteiger partial charge in [-0.05, 0) is 42.3 Å². The first kappa shape index (κ1) is 23.8. The minimum absolute atomic E-state index is 0.216. The third-order valence-electron chi connectivity index (χ3n) is 5.93. The summed E-state index contributed by atoms with van der Waals surface area (Å²) in [5.41, 5.74) is 3.48. The maximum atomic E-state index is 13.5. The van der Waals surface area contributed by atoms with E-state index < -0.39 is 12.0 Å². The molecule has 3 aromatic rings. The number of amides is 2. The molecule has 0 saturated heterocycles. The molecule has 4 rings (SSSR count). The minimum atomic E-state index is -1.07. The van der Waals surface area contributed by atoms with Crippen LogP contribution in [-0.4, -0.2) is 62.3 Å². The number of anilines is 1. The number of nitrogens with zero attached hydrogens (tertiary/aromatic N) is 4. The fourth-order valence-corrected chi connectivity index (χ4v) is 4.21. The molecule has 3 N–H and O–H groups in total. The molecular formula is C25H26N6O4. The number of likely N-dealkylation sites (N-methyl/N-ethyl adjacent to an activating group) is 1. The maximum absolute atomic E-state index is 13.5. The topological polar surface area (TPSA) is 142 Å². The van der Waals surface area contributed by atoms with Gasteiger partial charge >= 0.3 is 5.97 Å². The van der Waals surface area contributed by atoms with E-state index in [-0.39, 0.29) is 31.3 Å². The molecule has 1 atom stereocenters. The van der Waals surface area contributed by atoms with Gasteiger partial charge in [0.05, 0.1) is 30.1 Å². The Hall–Kier alpha value is -4.39. The smallest absolute Gasteiger partial charge is 0.305 e. The number of aromatic amines is 1. The number of carbonyl (C=O) groups excluding carboxylic acids is 2. The standard InChI is InChI=1S/C25H26N6O4/c1-30-14-17-12-16(8-9-18(17)27-21(25(30)35)13-23(32)33)24(34)31(11-5-4-10-26)15-22-28-19-6-2-3-7-20(19)29-22/h2-3,6-9,12,21,27H,4-5,11,13-15H2,1H3,(H,28,29)(H,32,33)/t21-/m0/s1. The van der Waals surface area contributed by atoms with E-state index in [1.54, 1.807) is 30.1 Å². The maximum Gasteiger partial charge on any atom is 0.305 e. The van der Waals surface area contributed by atoms with Gasteiger partial charge < -0.3 is 25.2 Å². The molecule has 10 nitrogen and oxygen atoms in total. The molecule has 0 radical (unpaired) electrons. The number of nitriles is 1. The van der Waals surface area contributed by atoms with Crippen LogP contribution >= 0.6 is 0 Å². The van der Waals surface area contributed by atoms with Crippen molar-refractivity contribution in [1.82, 2.24) is 19.8 Å². The van der Waals surface area contributed by atoms with Gasteiger partial charge in [-0.15, -0.1) is 0 Å². The molecule has 0 fully saturated rings. The highest BCUT2D eigenvalue weighted by molar-refractivity contribution is 5.96. The fourth-order valence-electron chi connectivity index (χ4n) is 4.21. The molecule has 2 amide bonds. The summed E-state index contributed by atoms with van der Waals surface area (Å²) in [6.07, 6.45) is 0.520. The molecule has 1 aromatic heterocycles. The van der Waals surface area contributed by atoms with Gasteiger partial charge in [-0.2, -0.15) is 5.26 Å². The van der Waals surface area contributed by atoms with E-state index in [9.17, 15) is 14.4 Å². The lowest BCUT2D eigenvalue weighted by atomic mass is 10.1. The Morgan fingerprint density at radius 3 is 2.83 bits per heavy atom. The minimum Gasteiger partial charge on any atom is -0.481 e. The average molecular weight is 475 g/mol. The molecule has 0 spiro atoms. The Morgan fingerprint density at radius 1 is 1.29 bits per heavy atom. The van der Waals surface area contributed by atoms with Crippen molar-refractivity contribution in [2.75, 3.05) is 18.9 Å². The van der Waals surface area contributed by atoms with Crippen molar-refractivity contribution < 1.29 is 19.5 Å². The average Bonchev–Trinajstić information content (AvgIpc) is 3.20. The second-order valence-electron chi connectivity index (χ2n) is 8.55. The Kier molecular flexibility index (Phi) is 6.96. The second kappa shape index (κ2) is 10.3. The monoisotopic (exact) mass is 474 g/mol. The normalized spacial score (nSPS) is 15.1. The summed E-state index contributed by atoms with van der Waals surface area (Å²) >= 11 is 0. The number of aliphatic carboxylic acids is 1. The predicted molar refractivity (Wildman–Crippen MR) is 128 cm³/mol. The Bertz CT molecular complexity index is 1280. The van der Waals surface area contributed by atoms with Gasteiger partial charge in [0.15, 0.2) is 0 Å². The van der Waals surface area contributed by atoms with Gasteiger partial charge in [-0.25, -0.2) is 4.98 Å². The van der Waals surface area contributed by atoms with E-state index in [4.69, 9.17) is 10.4 Å². The molecule has 2 heterocycles. The summed E-state index contributed by atoms with van der Waals surface area (Å²) in [7, 11) is 1.61. The van der Waals surface area contributed by atoms with Gasteiger partial charge in [0.25, 0.3) is 5.91 Å². The molecule has 0 bridgehead atoms. The zero-order valence-corrected chi connectivity index (χ0v) is 19.3. The summed E-state index contributed by atoms with van der Waals surface area (Å²) in [5.74, 6) is -0.959. The summed E-state index contributed by atoms with van der Waals surface area (Å²) in [6, 6.07) is 14.0. The van der Waals surface area contributed by atoms with Crippen molar-refractivity contribution in [2.24, 2.45) is 0 Å². The van der Waals surface area contributed by atoms with Gasteiger partial charge in [-0.3, -0.25) is 14.4 Å². The summed E-state index contributed by atoms with van der Waals surface area (Å²) in [5, 5.41) is 21.1. The van der Waals surface area contributed by atoms with Crippen LogP contribution in [0.3, 0.4) is 0 Å². The first-order valence-electron chi connectivity index (χ1n) is 11.3. The molecule has 180 valence electrons. The zero-order chi connectivity index (χ0) is 24.9. The van der Waals surface area contributed by atoms with Crippen LogP contribution < -0.4 is 5.32 Å². The molecule has 1 aliphatic heterocycles. The first-order valence-corrected chi connectivity index (χ1v) is 11.3. The molecule has 0 saturated carbocycles. The highest BCUT2D eigenvalue weighted by Crippen LogP contribution is 2.26. The molecule has 2 aromatic carbocycles. The lowest BCUT2D eigenvalue weighted by Crippen LogP contribution is -2.39. The molecular weight excluding hydrogens is 448 g/mol. The number of carboxylic acid groups (broad SMARTS) is 1. The first-order chi connectivity index (χ1) is 16.9. The number of aromatic nitrogens is 2. The zero-order valence-electron chi connectivity index (χ0n) is 19.3. The van der Waals surface area contributed by atoms with Crippen molar-refractivity contribution in [3.8, 4) is 6.07 Å². The molecule has 10 heteroatoms. The highest BCUT2D eigenvalue weighted by atomic mass is 16.4. The van der Waals surface area contributed by atoms with Crippen LogP contribution in [0.5, 0.6) is 0 Å². The molecule has 0 unspecified atom stereocenters. The molecule has 35 heavy (non-hydrogen) atoms. The van der Waals surface area contributed by atoms with Crippen LogP contribution in [0, 0.1) is 11.3 Å². The Morgan fingerprint density at radius 2 is 2.09 bits per heavy atom. The highest BCUT2D eigenvalue weighted by Gasteiger charge is 2.29. The lowest BCUT2D eigenvalue weighted by Gasteiger charge is -2.22. The van der Waals surface area contributed by atoms with Crippen LogP contribution in [0.4, 0.5) is 5.69 Å². The summed E-state index contributed by atoms with van der Waals surface area (Å²) < 4.78 is 0. The summed E-state index contributed by atoms with van der Waals surface area (Å²) in [4.78, 5) is 48.2. The fraction of sp³-hybridized carbons (Fsp3) is 0.320. The molecule has 0 aliphatic carbocycles. The van der Waals surface area contributed by atoms with Crippen molar-refractivity contribution in [2.45, 2.75) is 38.4 Å². The van der Waals surface area contributed by atoms with Crippen LogP contribution in [0.15, 0.2) is 42.5 Å². The number of hydrogen-bond donors (Lipinski definition) is 3. The van der Waals surface area contributed by atoms with Gasteiger partial charge in [0.2, 0.25) is 5.91 Å². The van der Waals surface area contributed by atoms with Gasteiger partial charge in [-0.1, -0.05) is 12.1 Å². The largest absolute Gasteiger partial charge is 0.481 e. The van der Waals surface area contributed by atoms with Crippen molar-refractivity contribution in [3.05, 3.63) is 59.4 Å². The second-order valence-corrected chi connectivity index (χ2v) is 8.55. The number of H-pyrrole nitrogens is 1. The number of carboxylic acids is 1. The van der Waals surface area contributed by atoms with Crippen molar-refractivity contribution in [3.63, 3.8) is 0 Å². The van der Waals surface area contributed by atoms with E-state index in [2.05, 4.69) is 21.4 Å². The number of para-hydroxylation sites is 2. The molecule has 1 aliphatic rings. The van der Waals surface area contributed by atoms with Crippen molar-refractivity contribution in [1.29, 1.82) is 5.26 Å². The Labute approximate surface area is 202 Å². The van der Waals surface area contributed by atoms with E-state index in [1.807, 2.05) is 24.3 Å². The van der Waals surface area contributed by atoms with E-state index in [0.29, 0.717) is 36.5 Å². The quantitative estimate of drug-likeness (QED) is 0.426.